The second-order valence-corrected chi connectivity index (χ2v) is 24.8. The number of Topliss-reactive ketones (excluding diaryl/α,β-unsaturated/α-hetero) is 2. The minimum atomic E-state index is -0.443. The lowest BCUT2D eigenvalue weighted by atomic mass is 9.81. The summed E-state index contributed by atoms with van der Waals surface area (Å²) in [4.78, 5) is 89.1. The highest BCUT2D eigenvalue weighted by Gasteiger charge is 2.29. The van der Waals surface area contributed by atoms with E-state index in [9.17, 15) is 33.6 Å². The van der Waals surface area contributed by atoms with Crippen molar-refractivity contribution < 1.29 is 45.9 Å². The summed E-state index contributed by atoms with van der Waals surface area (Å²) in [6.07, 6.45) is 6.30. The normalized spacial score (nSPS) is 13.9. The topological polar surface area (TPSA) is 213 Å². The minimum Gasteiger partial charge on any atom is -0.493 e. The molecule has 5 aliphatic rings. The van der Waals surface area contributed by atoms with E-state index in [1.54, 1.807) is 97.1 Å². The molecule has 0 spiro atoms. The third-order valence-corrected chi connectivity index (χ3v) is 19.1. The molecule has 15 heteroatoms. The van der Waals surface area contributed by atoms with Crippen LogP contribution >= 0.6 is 0 Å². The number of hydrogen-bond acceptors (Lipinski definition) is 15. The van der Waals surface area contributed by atoms with Gasteiger partial charge < -0.3 is 36.3 Å². The van der Waals surface area contributed by atoms with Gasteiger partial charge in [0.2, 0.25) is 21.7 Å². The standard InChI is InChI=1S/C24H16O4.C21H12O3.C20H10O4.C18H12O4/c25-21-9-14-7-13-5-6-27-12-15(13)8-17(14)18-10-20-23(11-19(18)21)28-22-4-2-1-3-16(22)24(20)26;22-18-9-12-5-1-2-6-13(12)15-10-17-20(11-16(15)18)24-19-8-4-3-7-14(19)21(17)23;21-19-12-6-2-4-8-17(12)23-18-10-14-13(9-15(18)19)11-5-1-3-7-16(11)24-20(14)22;19-17-12-3-4-14-11(5-7-21-14)18(12)22-16-9-15-10(8-13(16)17)2-1-6-20-15/h1-4,7-8,10-11H,5-6,9,12H2;1-8,10-11H,9H2;1-10H;1-4,8-9H,5-7H2. The predicted octanol–water partition coefficient (Wildman–Crippen LogP) is 16.3. The van der Waals surface area contributed by atoms with E-state index < -0.39 is 5.63 Å². The first-order valence-corrected chi connectivity index (χ1v) is 32.1. The fourth-order valence-corrected chi connectivity index (χ4v) is 14.3. The van der Waals surface area contributed by atoms with Crippen molar-refractivity contribution in [2.75, 3.05) is 19.8 Å². The number of carbonyl (C=O) groups is 2. The van der Waals surface area contributed by atoms with E-state index in [1.165, 1.54) is 5.56 Å². The summed E-state index contributed by atoms with van der Waals surface area (Å²) >= 11 is 0. The van der Waals surface area contributed by atoms with Crippen LogP contribution in [-0.2, 0) is 37.0 Å². The van der Waals surface area contributed by atoms with Gasteiger partial charge in [-0.05, 0) is 160 Å². The average Bonchev–Trinajstić information content (AvgIpc) is 1.06. The zero-order valence-electron chi connectivity index (χ0n) is 51.9. The van der Waals surface area contributed by atoms with Gasteiger partial charge in [0.15, 0.2) is 11.6 Å². The molecular formula is C83H50O15. The van der Waals surface area contributed by atoms with Gasteiger partial charge >= 0.3 is 5.63 Å². The van der Waals surface area contributed by atoms with Crippen LogP contribution in [0.3, 0.4) is 0 Å². The Morgan fingerprint density at radius 1 is 0.306 bits per heavy atom. The summed E-state index contributed by atoms with van der Waals surface area (Å²) < 4.78 is 45.8. The van der Waals surface area contributed by atoms with Crippen LogP contribution in [0.25, 0.3) is 138 Å². The van der Waals surface area contributed by atoms with Crippen LogP contribution in [0.1, 0.15) is 54.1 Å². The summed E-state index contributed by atoms with van der Waals surface area (Å²) in [5, 5.41) is 6.19. The Morgan fingerprint density at radius 3 is 1.53 bits per heavy atom. The lowest BCUT2D eigenvalue weighted by Gasteiger charge is -2.24. The molecule has 0 atom stereocenters. The number of fused-ring (bicyclic) bond motifs is 21. The first-order valence-electron chi connectivity index (χ1n) is 32.1. The molecule has 0 bridgehead atoms. The molecule has 21 rings (SSSR count). The van der Waals surface area contributed by atoms with Gasteiger partial charge in [0.25, 0.3) is 0 Å². The van der Waals surface area contributed by atoms with Gasteiger partial charge in [0.05, 0.1) is 68.3 Å². The van der Waals surface area contributed by atoms with Crippen molar-refractivity contribution in [3.8, 4) is 33.8 Å². The van der Waals surface area contributed by atoms with E-state index in [1.807, 2.05) is 97.1 Å². The lowest BCUT2D eigenvalue weighted by Crippen LogP contribution is -2.17. The third kappa shape index (κ3) is 9.56. The van der Waals surface area contributed by atoms with Gasteiger partial charge in [-0.3, -0.25) is 28.8 Å². The summed E-state index contributed by atoms with van der Waals surface area (Å²) in [5.41, 5.74) is 15.1. The van der Waals surface area contributed by atoms with Gasteiger partial charge in [-0.15, -0.1) is 0 Å². The van der Waals surface area contributed by atoms with Crippen molar-refractivity contribution in [1.82, 2.24) is 0 Å². The largest absolute Gasteiger partial charge is 0.493 e. The molecule has 0 unspecified atom stereocenters. The maximum absolute atomic E-state index is 13.0. The Morgan fingerprint density at radius 2 is 0.857 bits per heavy atom. The van der Waals surface area contributed by atoms with Gasteiger partial charge in [-0.25, -0.2) is 4.79 Å². The number of ether oxygens (including phenoxy) is 3. The van der Waals surface area contributed by atoms with Crippen LogP contribution < -0.4 is 36.8 Å². The van der Waals surface area contributed by atoms with Crippen LogP contribution in [0.15, 0.2) is 246 Å². The zero-order valence-corrected chi connectivity index (χ0v) is 51.9. The molecule has 2 aliphatic carbocycles. The smallest absolute Gasteiger partial charge is 0.344 e. The van der Waals surface area contributed by atoms with Crippen LogP contribution in [-0.4, -0.2) is 31.4 Å². The van der Waals surface area contributed by atoms with Crippen molar-refractivity contribution in [3.63, 3.8) is 0 Å². The highest BCUT2D eigenvalue weighted by atomic mass is 16.5. The molecule has 0 fully saturated rings. The van der Waals surface area contributed by atoms with Crippen molar-refractivity contribution in [1.29, 1.82) is 0 Å². The quantitative estimate of drug-likeness (QED) is 0.0784. The van der Waals surface area contributed by atoms with E-state index in [4.69, 9.17) is 36.3 Å². The van der Waals surface area contributed by atoms with Crippen LogP contribution in [0.2, 0.25) is 0 Å². The Labute approximate surface area is 552 Å². The maximum atomic E-state index is 13.0. The molecule has 5 aromatic heterocycles. The number of hydrogen-bond donors (Lipinski definition) is 0. The first-order chi connectivity index (χ1) is 47.9. The summed E-state index contributed by atoms with van der Waals surface area (Å²) in [7, 11) is 0. The van der Waals surface area contributed by atoms with Crippen molar-refractivity contribution >= 4 is 127 Å². The number of benzene rings is 11. The Balaban J connectivity index is 0.0000000950. The molecule has 8 heterocycles. The van der Waals surface area contributed by atoms with Crippen molar-refractivity contribution in [2.45, 2.75) is 32.3 Å². The van der Waals surface area contributed by atoms with E-state index >= 15 is 0 Å². The van der Waals surface area contributed by atoms with Crippen LogP contribution in [0.4, 0.5) is 0 Å². The summed E-state index contributed by atoms with van der Waals surface area (Å²) in [6.45, 7) is 2.48. The van der Waals surface area contributed by atoms with Gasteiger partial charge in [0, 0.05) is 58.4 Å². The molecule has 15 nitrogen and oxygen atoms in total. The lowest BCUT2D eigenvalue weighted by molar-refractivity contribution is 0.0983. The molecule has 11 aromatic carbocycles. The van der Waals surface area contributed by atoms with Gasteiger partial charge in [-0.1, -0.05) is 91.0 Å². The van der Waals surface area contributed by atoms with Gasteiger partial charge in [-0.2, -0.15) is 0 Å². The molecule has 0 saturated heterocycles. The number of para-hydroxylation sites is 4. The molecule has 472 valence electrons. The summed E-state index contributed by atoms with van der Waals surface area (Å²) in [5.74, 6) is 1.68. The van der Waals surface area contributed by atoms with Crippen molar-refractivity contribution in [3.05, 3.63) is 296 Å². The van der Waals surface area contributed by atoms with Crippen molar-refractivity contribution in [2.24, 2.45) is 0 Å². The fraction of sp³-hybridized carbons (Fsp3) is 0.0964. The average molecular weight is 1290 g/mol. The molecule has 98 heavy (non-hydrogen) atoms. The fourth-order valence-electron chi connectivity index (χ4n) is 14.3. The molecule has 0 amide bonds. The highest BCUT2D eigenvalue weighted by molar-refractivity contribution is 6.13. The zero-order chi connectivity index (χ0) is 66.0. The van der Waals surface area contributed by atoms with E-state index in [-0.39, 0.29) is 33.3 Å². The van der Waals surface area contributed by atoms with Crippen LogP contribution in [0, 0.1) is 0 Å². The first kappa shape index (κ1) is 58.0. The second kappa shape index (κ2) is 22.8. The molecule has 16 aromatic rings. The number of ketones is 2. The maximum Gasteiger partial charge on any atom is 0.344 e. The summed E-state index contributed by atoms with van der Waals surface area (Å²) in [6, 6.07) is 58.6. The molecular weight excluding hydrogens is 1240 g/mol. The Kier molecular flexibility index (Phi) is 13.5. The minimum absolute atomic E-state index is 0.00674. The van der Waals surface area contributed by atoms with E-state index in [0.717, 1.165) is 86.4 Å². The number of carbonyl (C=O) groups excluding carboxylic acids is 2. The SMILES string of the molecule is O=C1Cc2cc3c(cc2-c2cc4c(=O)c5ccccc5oc4cc21)COCC3.O=C1Cc2ccccc2-c2cc3c(=O)c4ccccc4oc3cc21.O=c1c2cc3c(cc2oc2c4c(ccc12)OCC4)OCC=C3.O=c1c2ccccc2oc2cc3c(=O)oc4ccccc4c3cc12. The van der Waals surface area contributed by atoms with Gasteiger partial charge in [0.1, 0.15) is 68.4 Å². The molecule has 0 saturated carbocycles. The van der Waals surface area contributed by atoms with E-state index in [2.05, 4.69) is 12.1 Å². The van der Waals surface area contributed by atoms with E-state index in [0.29, 0.717) is 148 Å². The second-order valence-electron chi connectivity index (χ2n) is 24.8. The molecule has 0 N–H and O–H groups in total. The monoisotopic (exact) mass is 1290 g/mol. The molecule has 3 aliphatic heterocycles. The Hall–Kier alpha value is -12.6. The Bertz CT molecular complexity index is 6590. The molecule has 0 radical (unpaired) electrons. The predicted molar refractivity (Wildman–Crippen MR) is 378 cm³/mol. The highest BCUT2D eigenvalue weighted by Crippen LogP contribution is 2.41. The number of rotatable bonds is 0. The third-order valence-electron chi connectivity index (χ3n) is 19.1. The van der Waals surface area contributed by atoms with Crippen LogP contribution in [0.5, 0.6) is 11.5 Å².